The van der Waals surface area contributed by atoms with Crippen LogP contribution in [0.15, 0.2) is 54.1 Å². The van der Waals surface area contributed by atoms with Gasteiger partial charge >= 0.3 is 6.03 Å². The first-order valence-electron chi connectivity index (χ1n) is 7.18. The minimum atomic E-state index is -1.03. The van der Waals surface area contributed by atoms with Gasteiger partial charge in [-0.05, 0) is 29.8 Å². The molecular formula is C18H14ClN3O3. The number of imide groups is 1. The number of halogens is 1. The lowest BCUT2D eigenvalue weighted by molar-refractivity contribution is -0.115. The Hall–Kier alpha value is -3.30. The van der Waals surface area contributed by atoms with Crippen LogP contribution in [0.4, 0.5) is 4.79 Å². The van der Waals surface area contributed by atoms with Crippen molar-refractivity contribution < 1.29 is 14.3 Å². The van der Waals surface area contributed by atoms with Gasteiger partial charge in [0.05, 0.1) is 0 Å². The summed E-state index contributed by atoms with van der Waals surface area (Å²) in [5.41, 5.74) is 6.06. The molecule has 2 aromatic carbocycles. The van der Waals surface area contributed by atoms with Crippen LogP contribution in [-0.2, 0) is 11.4 Å². The van der Waals surface area contributed by atoms with E-state index in [0.29, 0.717) is 16.3 Å². The smallest absolute Gasteiger partial charge is 0.319 e. The molecule has 0 atom stereocenters. The van der Waals surface area contributed by atoms with Gasteiger partial charge in [0, 0.05) is 10.6 Å². The number of amides is 3. The number of nitrogens with one attached hydrogen (secondary N) is 1. The SMILES string of the molecule is N#C/C(=C/c1ccccc1OCc1ccc(Cl)cc1)C(=O)NC(N)=O. The van der Waals surface area contributed by atoms with Crippen molar-refractivity contribution in [3.63, 3.8) is 0 Å². The summed E-state index contributed by atoms with van der Waals surface area (Å²) in [5.74, 6) is -0.389. The van der Waals surface area contributed by atoms with Crippen molar-refractivity contribution in [2.45, 2.75) is 6.61 Å². The number of hydrogen-bond acceptors (Lipinski definition) is 4. The second kappa shape index (κ2) is 8.52. The Labute approximate surface area is 149 Å². The topological polar surface area (TPSA) is 105 Å². The lowest BCUT2D eigenvalue weighted by atomic mass is 10.1. The third kappa shape index (κ3) is 5.37. The van der Waals surface area contributed by atoms with Gasteiger partial charge in [-0.2, -0.15) is 5.26 Å². The highest BCUT2D eigenvalue weighted by Crippen LogP contribution is 2.22. The van der Waals surface area contributed by atoms with Gasteiger partial charge in [-0.25, -0.2) is 4.79 Å². The number of carbonyl (C=O) groups excluding carboxylic acids is 2. The van der Waals surface area contributed by atoms with Gasteiger partial charge in [-0.3, -0.25) is 10.1 Å². The molecule has 0 fully saturated rings. The van der Waals surface area contributed by atoms with E-state index in [2.05, 4.69) is 0 Å². The molecule has 0 spiro atoms. The molecule has 3 N–H and O–H groups in total. The molecule has 0 radical (unpaired) electrons. The van der Waals surface area contributed by atoms with E-state index in [0.717, 1.165) is 5.56 Å². The second-order valence-corrected chi connectivity index (χ2v) is 5.38. The minimum Gasteiger partial charge on any atom is -0.488 e. The van der Waals surface area contributed by atoms with E-state index in [9.17, 15) is 9.59 Å². The van der Waals surface area contributed by atoms with Crippen LogP contribution in [0, 0.1) is 11.3 Å². The average Bonchev–Trinajstić information content (AvgIpc) is 2.59. The zero-order valence-corrected chi connectivity index (χ0v) is 13.8. The summed E-state index contributed by atoms with van der Waals surface area (Å²) in [5, 5.41) is 11.6. The minimum absolute atomic E-state index is 0.263. The number of nitriles is 1. The molecule has 0 saturated heterocycles. The maximum atomic E-state index is 11.8. The molecule has 25 heavy (non-hydrogen) atoms. The molecule has 0 aliphatic rings. The number of para-hydroxylation sites is 1. The number of nitrogens with two attached hydrogens (primary N) is 1. The summed E-state index contributed by atoms with van der Waals surface area (Å²) >= 11 is 5.84. The van der Waals surface area contributed by atoms with Gasteiger partial charge in [0.2, 0.25) is 0 Å². The predicted octanol–water partition coefficient (Wildman–Crippen LogP) is 3.02. The summed E-state index contributed by atoms with van der Waals surface area (Å²) in [6.45, 7) is 0.289. The fourth-order valence-electron chi connectivity index (χ4n) is 1.96. The Kier molecular flexibility index (Phi) is 6.15. The normalized spacial score (nSPS) is 10.6. The van der Waals surface area contributed by atoms with Gasteiger partial charge in [0.1, 0.15) is 24.0 Å². The van der Waals surface area contributed by atoms with E-state index in [-0.39, 0.29) is 12.2 Å². The van der Waals surface area contributed by atoms with E-state index in [1.165, 1.54) is 6.08 Å². The highest BCUT2D eigenvalue weighted by Gasteiger charge is 2.12. The third-order valence-corrected chi connectivity index (χ3v) is 3.38. The van der Waals surface area contributed by atoms with Crippen molar-refractivity contribution in [1.82, 2.24) is 5.32 Å². The second-order valence-electron chi connectivity index (χ2n) is 4.94. The van der Waals surface area contributed by atoms with E-state index < -0.39 is 11.9 Å². The van der Waals surface area contributed by atoms with Crippen LogP contribution in [0.2, 0.25) is 5.02 Å². The molecule has 3 amide bonds. The molecule has 0 bridgehead atoms. The number of hydrogen-bond donors (Lipinski definition) is 2. The summed E-state index contributed by atoms with van der Waals surface area (Å²) < 4.78 is 5.75. The van der Waals surface area contributed by atoms with Gasteiger partial charge in [-0.15, -0.1) is 0 Å². The molecule has 0 heterocycles. The van der Waals surface area contributed by atoms with Crippen molar-refractivity contribution in [2.24, 2.45) is 5.73 Å². The van der Waals surface area contributed by atoms with Crippen molar-refractivity contribution in [2.75, 3.05) is 0 Å². The van der Waals surface area contributed by atoms with E-state index in [1.807, 2.05) is 17.4 Å². The van der Waals surface area contributed by atoms with Crippen LogP contribution in [0.3, 0.4) is 0 Å². The molecule has 0 saturated carbocycles. The largest absolute Gasteiger partial charge is 0.488 e. The van der Waals surface area contributed by atoms with Gasteiger partial charge in [0.15, 0.2) is 0 Å². The molecule has 2 aromatic rings. The number of nitrogens with zero attached hydrogens (tertiary/aromatic N) is 1. The molecule has 7 heteroatoms. The van der Waals surface area contributed by atoms with Crippen LogP contribution < -0.4 is 15.8 Å². The Morgan fingerprint density at radius 3 is 2.52 bits per heavy atom. The predicted molar refractivity (Wildman–Crippen MR) is 93.5 cm³/mol. The first-order valence-corrected chi connectivity index (χ1v) is 7.56. The monoisotopic (exact) mass is 355 g/mol. The van der Waals surface area contributed by atoms with E-state index in [1.54, 1.807) is 42.5 Å². The average molecular weight is 356 g/mol. The number of benzene rings is 2. The number of rotatable bonds is 5. The fraction of sp³-hybridized carbons (Fsp3) is 0.0556. The van der Waals surface area contributed by atoms with Gasteiger partial charge in [-0.1, -0.05) is 41.9 Å². The molecule has 126 valence electrons. The van der Waals surface area contributed by atoms with Gasteiger partial charge < -0.3 is 10.5 Å². The van der Waals surface area contributed by atoms with Crippen LogP contribution in [0.1, 0.15) is 11.1 Å². The first kappa shape index (κ1) is 18.0. The van der Waals surface area contributed by atoms with Crippen LogP contribution >= 0.6 is 11.6 Å². The van der Waals surface area contributed by atoms with Crippen molar-refractivity contribution in [1.29, 1.82) is 5.26 Å². The highest BCUT2D eigenvalue weighted by atomic mass is 35.5. The van der Waals surface area contributed by atoms with Crippen molar-refractivity contribution in [3.8, 4) is 11.8 Å². The Bertz CT molecular complexity index is 855. The summed E-state index contributed by atoms with van der Waals surface area (Å²) in [6, 6.07) is 14.8. The summed E-state index contributed by atoms with van der Waals surface area (Å²) in [6.07, 6.45) is 1.33. The molecule has 2 rings (SSSR count). The van der Waals surface area contributed by atoms with Crippen LogP contribution in [0.5, 0.6) is 5.75 Å². The molecule has 0 aliphatic heterocycles. The zero-order chi connectivity index (χ0) is 18.2. The number of primary amides is 1. The highest BCUT2D eigenvalue weighted by molar-refractivity contribution is 6.30. The molecule has 0 aromatic heterocycles. The molecule has 0 aliphatic carbocycles. The lowest BCUT2D eigenvalue weighted by Gasteiger charge is -2.10. The third-order valence-electron chi connectivity index (χ3n) is 3.13. The first-order chi connectivity index (χ1) is 12.0. The number of urea groups is 1. The maximum absolute atomic E-state index is 11.8. The fourth-order valence-corrected chi connectivity index (χ4v) is 2.08. The van der Waals surface area contributed by atoms with Crippen molar-refractivity contribution >= 4 is 29.6 Å². The summed E-state index contributed by atoms with van der Waals surface area (Å²) in [7, 11) is 0. The molecule has 6 nitrogen and oxygen atoms in total. The van der Waals surface area contributed by atoms with Crippen molar-refractivity contribution in [3.05, 3.63) is 70.3 Å². The number of carbonyl (C=O) groups is 2. The van der Waals surface area contributed by atoms with Crippen LogP contribution in [-0.4, -0.2) is 11.9 Å². The Morgan fingerprint density at radius 1 is 1.20 bits per heavy atom. The molecule has 0 unspecified atom stereocenters. The van der Waals surface area contributed by atoms with E-state index in [4.69, 9.17) is 27.3 Å². The van der Waals surface area contributed by atoms with Crippen LogP contribution in [0.25, 0.3) is 6.08 Å². The standard InChI is InChI=1S/C18H14ClN3O3/c19-15-7-5-12(6-8-15)11-25-16-4-2-1-3-13(16)9-14(10-20)17(23)22-18(21)24/h1-9H,11H2,(H3,21,22,23,24)/b14-9-. The number of ether oxygens (including phenoxy) is 1. The maximum Gasteiger partial charge on any atom is 0.319 e. The lowest BCUT2D eigenvalue weighted by Crippen LogP contribution is -2.35. The Morgan fingerprint density at radius 2 is 1.88 bits per heavy atom. The molecular weight excluding hydrogens is 342 g/mol. The van der Waals surface area contributed by atoms with E-state index >= 15 is 0 Å². The van der Waals surface area contributed by atoms with Gasteiger partial charge in [0.25, 0.3) is 5.91 Å². The Balaban J connectivity index is 2.20. The summed E-state index contributed by atoms with van der Waals surface area (Å²) in [4.78, 5) is 22.5. The zero-order valence-electron chi connectivity index (χ0n) is 13.0. The quantitative estimate of drug-likeness (QED) is 0.635.